The maximum atomic E-state index is 11.7. The Morgan fingerprint density at radius 2 is 1.57 bits per heavy atom. The third-order valence-electron chi connectivity index (χ3n) is 10.9. The summed E-state index contributed by atoms with van der Waals surface area (Å²) in [5.41, 5.74) is 0.769. The van der Waals surface area contributed by atoms with Crippen molar-refractivity contribution < 1.29 is 10.2 Å². The van der Waals surface area contributed by atoms with Crippen LogP contribution in [-0.4, -0.2) is 22.4 Å². The summed E-state index contributed by atoms with van der Waals surface area (Å²) in [7, 11) is 0. The molecular formula is C26H46O2. The second-order valence-corrected chi connectivity index (χ2v) is 11.9. The van der Waals surface area contributed by atoms with Gasteiger partial charge in [-0.3, -0.25) is 0 Å². The van der Waals surface area contributed by atoms with Crippen molar-refractivity contribution in [2.75, 3.05) is 0 Å². The van der Waals surface area contributed by atoms with Gasteiger partial charge in [-0.25, -0.2) is 0 Å². The standard InChI is InChI=1S/C26H46O2/c1-6-8-16(3)19-9-10-20-23-21(12-14-25(19,20)4)26(5)13-11-17(27)15-22(26)18(7-2)24(23)28/h16-24,27-28H,6-15H2,1-5H3/t16?,17-,18-,19?,20?,21?,22+,23?,24?,25-,26-/m1/s1. The van der Waals surface area contributed by atoms with Crippen LogP contribution in [0.3, 0.4) is 0 Å². The molecule has 28 heavy (non-hydrogen) atoms. The smallest absolute Gasteiger partial charge is 0.0605 e. The quantitative estimate of drug-likeness (QED) is 0.613. The fraction of sp³-hybridized carbons (Fsp3) is 1.00. The van der Waals surface area contributed by atoms with Crippen molar-refractivity contribution in [3.8, 4) is 0 Å². The molecule has 0 aromatic rings. The van der Waals surface area contributed by atoms with Crippen LogP contribution in [0.25, 0.3) is 0 Å². The molecule has 2 heteroatoms. The molecule has 0 aliphatic heterocycles. The maximum Gasteiger partial charge on any atom is 0.0605 e. The summed E-state index contributed by atoms with van der Waals surface area (Å²) in [5.74, 6) is 4.45. The Labute approximate surface area is 173 Å². The molecule has 2 N–H and O–H groups in total. The molecule has 0 radical (unpaired) electrons. The number of hydrogen-bond donors (Lipinski definition) is 2. The highest BCUT2D eigenvalue weighted by Crippen LogP contribution is 2.69. The van der Waals surface area contributed by atoms with Crippen LogP contribution in [0.4, 0.5) is 0 Å². The first kappa shape index (κ1) is 21.2. The van der Waals surface area contributed by atoms with Crippen molar-refractivity contribution in [2.24, 2.45) is 52.3 Å². The number of aliphatic hydroxyl groups excluding tert-OH is 2. The summed E-state index contributed by atoms with van der Waals surface area (Å²) < 4.78 is 0. The first-order valence-electron chi connectivity index (χ1n) is 12.6. The molecule has 4 saturated carbocycles. The zero-order chi connectivity index (χ0) is 20.3. The van der Waals surface area contributed by atoms with Gasteiger partial charge in [0.25, 0.3) is 0 Å². The maximum absolute atomic E-state index is 11.7. The number of hydrogen-bond acceptors (Lipinski definition) is 2. The van der Waals surface area contributed by atoms with E-state index in [0.29, 0.717) is 40.4 Å². The first-order valence-corrected chi connectivity index (χ1v) is 12.6. The van der Waals surface area contributed by atoms with Crippen molar-refractivity contribution in [2.45, 2.75) is 111 Å². The molecule has 4 aliphatic rings. The summed E-state index contributed by atoms with van der Waals surface area (Å²) in [6.45, 7) is 12.3. The highest BCUT2D eigenvalue weighted by atomic mass is 16.3. The molecule has 4 aliphatic carbocycles. The molecular weight excluding hydrogens is 344 g/mol. The monoisotopic (exact) mass is 390 g/mol. The van der Waals surface area contributed by atoms with E-state index >= 15 is 0 Å². The van der Waals surface area contributed by atoms with E-state index < -0.39 is 0 Å². The van der Waals surface area contributed by atoms with E-state index in [0.717, 1.165) is 31.1 Å². The average Bonchev–Trinajstić information content (AvgIpc) is 3.01. The van der Waals surface area contributed by atoms with Gasteiger partial charge >= 0.3 is 0 Å². The molecule has 0 bridgehead atoms. The van der Waals surface area contributed by atoms with Crippen molar-refractivity contribution >= 4 is 0 Å². The largest absolute Gasteiger partial charge is 0.393 e. The Kier molecular flexibility index (Phi) is 5.71. The molecule has 0 heterocycles. The zero-order valence-electron chi connectivity index (χ0n) is 19.2. The van der Waals surface area contributed by atoms with Crippen LogP contribution < -0.4 is 0 Å². The van der Waals surface area contributed by atoms with Gasteiger partial charge in [0, 0.05) is 0 Å². The van der Waals surface area contributed by atoms with Gasteiger partial charge in [-0.15, -0.1) is 0 Å². The van der Waals surface area contributed by atoms with E-state index in [1.54, 1.807) is 0 Å². The van der Waals surface area contributed by atoms with Gasteiger partial charge in [0.05, 0.1) is 12.2 Å². The average molecular weight is 391 g/mol. The topological polar surface area (TPSA) is 40.5 Å². The molecule has 0 saturated heterocycles. The molecule has 0 aromatic heterocycles. The second kappa shape index (κ2) is 7.56. The van der Waals surface area contributed by atoms with Crippen LogP contribution in [0.5, 0.6) is 0 Å². The molecule has 0 aromatic carbocycles. The van der Waals surface area contributed by atoms with Gasteiger partial charge in [0.15, 0.2) is 0 Å². The third kappa shape index (κ3) is 2.95. The minimum atomic E-state index is -0.150. The van der Waals surface area contributed by atoms with Gasteiger partial charge in [-0.1, -0.05) is 53.9 Å². The van der Waals surface area contributed by atoms with E-state index in [9.17, 15) is 10.2 Å². The van der Waals surface area contributed by atoms with Gasteiger partial charge in [-0.2, -0.15) is 0 Å². The van der Waals surface area contributed by atoms with Crippen molar-refractivity contribution in [1.82, 2.24) is 0 Å². The Balaban J connectivity index is 1.67. The normalized spacial score (nSPS) is 54.5. The van der Waals surface area contributed by atoms with Crippen LogP contribution in [0.15, 0.2) is 0 Å². The fourth-order valence-corrected chi connectivity index (χ4v) is 9.59. The highest BCUT2D eigenvalue weighted by Gasteiger charge is 2.64. The number of rotatable bonds is 4. The van der Waals surface area contributed by atoms with Crippen LogP contribution in [-0.2, 0) is 0 Å². The van der Waals surface area contributed by atoms with E-state index in [-0.39, 0.29) is 12.2 Å². The van der Waals surface area contributed by atoms with Crippen LogP contribution in [0.2, 0.25) is 0 Å². The van der Waals surface area contributed by atoms with E-state index in [2.05, 4.69) is 34.6 Å². The lowest BCUT2D eigenvalue weighted by Crippen LogP contribution is -2.62. The molecule has 4 rings (SSSR count). The minimum absolute atomic E-state index is 0.143. The fourth-order valence-electron chi connectivity index (χ4n) is 9.59. The first-order chi connectivity index (χ1) is 13.3. The Hall–Kier alpha value is -0.0800. The minimum Gasteiger partial charge on any atom is -0.393 e. The summed E-state index contributed by atoms with van der Waals surface area (Å²) in [6.07, 6.45) is 11.9. The Morgan fingerprint density at radius 1 is 0.893 bits per heavy atom. The van der Waals surface area contributed by atoms with Crippen molar-refractivity contribution in [1.29, 1.82) is 0 Å². The third-order valence-corrected chi connectivity index (χ3v) is 10.9. The van der Waals surface area contributed by atoms with E-state index in [1.165, 1.54) is 44.9 Å². The summed E-state index contributed by atoms with van der Waals surface area (Å²) >= 11 is 0. The molecule has 2 nitrogen and oxygen atoms in total. The summed E-state index contributed by atoms with van der Waals surface area (Å²) in [6, 6.07) is 0. The SMILES string of the molecule is CCCC(C)C1CCC2C3C(O)[C@H](CC)[C@@H]4C[C@H](O)CC[C@]4(C)C3CC[C@]12C. The van der Waals surface area contributed by atoms with Crippen molar-refractivity contribution in [3.63, 3.8) is 0 Å². The molecule has 0 amide bonds. The van der Waals surface area contributed by atoms with Gasteiger partial charge in [-0.05, 0) is 97.2 Å². The van der Waals surface area contributed by atoms with Crippen LogP contribution >= 0.6 is 0 Å². The molecule has 11 atom stereocenters. The van der Waals surface area contributed by atoms with E-state index in [1.807, 2.05) is 0 Å². The predicted octanol–water partition coefficient (Wildman–Crippen LogP) is 6.05. The second-order valence-electron chi connectivity index (χ2n) is 11.9. The number of aliphatic hydroxyl groups is 2. The van der Waals surface area contributed by atoms with Crippen LogP contribution in [0, 0.1) is 52.3 Å². The van der Waals surface area contributed by atoms with Crippen LogP contribution in [0.1, 0.15) is 98.8 Å². The lowest BCUT2D eigenvalue weighted by atomic mass is 9.41. The lowest BCUT2D eigenvalue weighted by molar-refractivity contribution is -0.203. The number of fused-ring (bicyclic) bond motifs is 5. The lowest BCUT2D eigenvalue weighted by Gasteiger charge is -2.64. The Morgan fingerprint density at radius 3 is 2.25 bits per heavy atom. The molecule has 4 fully saturated rings. The van der Waals surface area contributed by atoms with Crippen molar-refractivity contribution in [3.05, 3.63) is 0 Å². The van der Waals surface area contributed by atoms with Gasteiger partial charge < -0.3 is 10.2 Å². The van der Waals surface area contributed by atoms with E-state index in [4.69, 9.17) is 0 Å². The van der Waals surface area contributed by atoms with Gasteiger partial charge in [0.1, 0.15) is 0 Å². The zero-order valence-corrected chi connectivity index (χ0v) is 19.2. The summed E-state index contributed by atoms with van der Waals surface area (Å²) in [5, 5.41) is 22.1. The highest BCUT2D eigenvalue weighted by molar-refractivity contribution is 5.13. The predicted molar refractivity (Wildman–Crippen MR) is 116 cm³/mol. The van der Waals surface area contributed by atoms with Gasteiger partial charge in [0.2, 0.25) is 0 Å². The summed E-state index contributed by atoms with van der Waals surface area (Å²) in [4.78, 5) is 0. The molecule has 162 valence electrons. The molecule has 6 unspecified atom stereocenters. The molecule has 0 spiro atoms. The Bertz CT molecular complexity index is 561.